The van der Waals surface area contributed by atoms with E-state index in [4.69, 9.17) is 5.11 Å². The van der Waals surface area contributed by atoms with Crippen molar-refractivity contribution >= 4 is 16.0 Å². The normalized spacial score (nSPS) is 13.9. The Balaban J connectivity index is 4.01. The maximum atomic E-state index is 11.2. The first-order chi connectivity index (χ1) is 6.39. The van der Waals surface area contributed by atoms with E-state index in [9.17, 15) is 13.2 Å². The summed E-state index contributed by atoms with van der Waals surface area (Å²) in [4.78, 5) is 10.4. The molecule has 0 fully saturated rings. The fourth-order valence-electron chi connectivity index (χ4n) is 0.921. The number of hydrogen-bond donors (Lipinski definition) is 2. The van der Waals surface area contributed by atoms with Crippen LogP contribution in [0.15, 0.2) is 0 Å². The minimum atomic E-state index is -3.43. The van der Waals surface area contributed by atoms with Gasteiger partial charge >= 0.3 is 5.97 Å². The smallest absolute Gasteiger partial charge is 0.321 e. The second-order valence-electron chi connectivity index (χ2n) is 3.20. The first-order valence-corrected chi connectivity index (χ1v) is 6.27. The SMILES string of the molecule is CCCCCS(=O)(=O)N[C@H](C)C(=O)O. The quantitative estimate of drug-likeness (QED) is 0.618. The van der Waals surface area contributed by atoms with E-state index in [2.05, 4.69) is 4.72 Å². The van der Waals surface area contributed by atoms with E-state index < -0.39 is 22.0 Å². The average Bonchev–Trinajstić information content (AvgIpc) is 2.03. The molecule has 6 heteroatoms. The number of carboxylic acids is 1. The van der Waals surface area contributed by atoms with Crippen LogP contribution in [0.4, 0.5) is 0 Å². The zero-order chi connectivity index (χ0) is 11.2. The molecule has 0 saturated heterocycles. The van der Waals surface area contributed by atoms with Gasteiger partial charge in [0.05, 0.1) is 5.75 Å². The molecule has 0 unspecified atom stereocenters. The molecule has 0 spiro atoms. The Bertz CT molecular complexity index is 273. The Morgan fingerprint density at radius 2 is 2.00 bits per heavy atom. The molecule has 84 valence electrons. The van der Waals surface area contributed by atoms with Crippen LogP contribution in [0.25, 0.3) is 0 Å². The minimum Gasteiger partial charge on any atom is -0.480 e. The molecule has 0 aromatic heterocycles. The molecule has 14 heavy (non-hydrogen) atoms. The highest BCUT2D eigenvalue weighted by Crippen LogP contribution is 1.98. The number of nitrogens with one attached hydrogen (secondary N) is 1. The summed E-state index contributed by atoms with van der Waals surface area (Å²) < 4.78 is 24.6. The Labute approximate surface area is 84.6 Å². The van der Waals surface area contributed by atoms with E-state index in [1.54, 1.807) is 0 Å². The summed E-state index contributed by atoms with van der Waals surface area (Å²) in [6.07, 6.45) is 2.34. The average molecular weight is 223 g/mol. The highest BCUT2D eigenvalue weighted by atomic mass is 32.2. The van der Waals surface area contributed by atoms with Crippen molar-refractivity contribution in [2.45, 2.75) is 39.2 Å². The molecule has 0 amide bonds. The topological polar surface area (TPSA) is 83.5 Å². The van der Waals surface area contributed by atoms with Crippen molar-refractivity contribution in [3.63, 3.8) is 0 Å². The van der Waals surface area contributed by atoms with Crippen LogP contribution < -0.4 is 4.72 Å². The lowest BCUT2D eigenvalue weighted by atomic mass is 10.3. The van der Waals surface area contributed by atoms with Gasteiger partial charge in [0.2, 0.25) is 10.0 Å². The van der Waals surface area contributed by atoms with Gasteiger partial charge in [0.25, 0.3) is 0 Å². The number of aliphatic carboxylic acids is 1. The van der Waals surface area contributed by atoms with Crippen LogP contribution in [0.3, 0.4) is 0 Å². The van der Waals surface area contributed by atoms with Crippen molar-refractivity contribution in [2.75, 3.05) is 5.75 Å². The van der Waals surface area contributed by atoms with Crippen molar-refractivity contribution < 1.29 is 18.3 Å². The molecule has 5 nitrogen and oxygen atoms in total. The lowest BCUT2D eigenvalue weighted by Gasteiger charge is -2.09. The third-order valence-electron chi connectivity index (χ3n) is 1.74. The molecule has 0 heterocycles. The molecule has 0 aliphatic heterocycles. The van der Waals surface area contributed by atoms with E-state index in [1.807, 2.05) is 6.92 Å². The predicted molar refractivity (Wildman–Crippen MR) is 53.5 cm³/mol. The number of rotatable bonds is 7. The van der Waals surface area contributed by atoms with Crippen LogP contribution in [0, 0.1) is 0 Å². The summed E-state index contributed by atoms with van der Waals surface area (Å²) in [7, 11) is -3.43. The number of unbranched alkanes of at least 4 members (excludes halogenated alkanes) is 2. The summed E-state index contributed by atoms with van der Waals surface area (Å²) in [6, 6.07) is -1.05. The van der Waals surface area contributed by atoms with Gasteiger partial charge in [-0.2, -0.15) is 0 Å². The maximum Gasteiger partial charge on any atom is 0.321 e. The maximum absolute atomic E-state index is 11.2. The first kappa shape index (κ1) is 13.4. The molecule has 0 aromatic rings. The molecule has 0 bridgehead atoms. The molecular formula is C8H17NO4S. The number of carboxylic acid groups (broad SMARTS) is 1. The van der Waals surface area contributed by atoms with Gasteiger partial charge < -0.3 is 5.11 Å². The summed E-state index contributed by atoms with van der Waals surface area (Å²) in [5.41, 5.74) is 0. The Morgan fingerprint density at radius 3 is 2.43 bits per heavy atom. The second-order valence-corrected chi connectivity index (χ2v) is 5.08. The molecule has 0 saturated carbocycles. The predicted octanol–water partition coefficient (Wildman–Crippen LogP) is 0.569. The van der Waals surface area contributed by atoms with Gasteiger partial charge in [0, 0.05) is 0 Å². The van der Waals surface area contributed by atoms with Crippen molar-refractivity contribution in [3.05, 3.63) is 0 Å². The zero-order valence-electron chi connectivity index (χ0n) is 8.49. The van der Waals surface area contributed by atoms with Crippen molar-refractivity contribution in [1.82, 2.24) is 4.72 Å². The summed E-state index contributed by atoms with van der Waals surface area (Å²) in [5, 5.41) is 8.49. The molecule has 0 aliphatic carbocycles. The van der Waals surface area contributed by atoms with Gasteiger partial charge in [-0.15, -0.1) is 0 Å². The summed E-state index contributed by atoms with van der Waals surface area (Å²) in [5.74, 6) is -1.16. The van der Waals surface area contributed by atoms with Crippen LogP contribution in [-0.4, -0.2) is 31.3 Å². The van der Waals surface area contributed by atoms with Gasteiger partial charge in [0.1, 0.15) is 6.04 Å². The van der Waals surface area contributed by atoms with Crippen LogP contribution in [0.2, 0.25) is 0 Å². The fraction of sp³-hybridized carbons (Fsp3) is 0.875. The van der Waals surface area contributed by atoms with Crippen LogP contribution in [-0.2, 0) is 14.8 Å². The van der Waals surface area contributed by atoms with Crippen molar-refractivity contribution in [3.8, 4) is 0 Å². The van der Waals surface area contributed by atoms with Gasteiger partial charge in [0.15, 0.2) is 0 Å². The lowest BCUT2D eigenvalue weighted by molar-refractivity contribution is -0.138. The van der Waals surface area contributed by atoms with E-state index in [-0.39, 0.29) is 5.75 Å². The highest BCUT2D eigenvalue weighted by Gasteiger charge is 2.18. The molecule has 0 aromatic carbocycles. The Morgan fingerprint density at radius 1 is 1.43 bits per heavy atom. The van der Waals surface area contributed by atoms with Gasteiger partial charge in [-0.1, -0.05) is 19.8 Å². The second kappa shape index (κ2) is 5.98. The summed E-state index contributed by atoms with van der Waals surface area (Å²) in [6.45, 7) is 3.28. The van der Waals surface area contributed by atoms with E-state index in [0.717, 1.165) is 12.8 Å². The van der Waals surface area contributed by atoms with Crippen LogP contribution >= 0.6 is 0 Å². The minimum absolute atomic E-state index is 0.00153. The first-order valence-electron chi connectivity index (χ1n) is 4.62. The number of hydrogen-bond acceptors (Lipinski definition) is 3. The van der Waals surface area contributed by atoms with Gasteiger partial charge in [-0.25, -0.2) is 13.1 Å². The fourth-order valence-corrected chi connectivity index (χ4v) is 2.26. The van der Waals surface area contributed by atoms with Crippen LogP contribution in [0.5, 0.6) is 0 Å². The zero-order valence-corrected chi connectivity index (χ0v) is 9.30. The molecule has 2 N–H and O–H groups in total. The highest BCUT2D eigenvalue weighted by molar-refractivity contribution is 7.89. The molecule has 0 rings (SSSR count). The molecule has 0 radical (unpaired) electrons. The van der Waals surface area contributed by atoms with E-state index in [1.165, 1.54) is 6.92 Å². The van der Waals surface area contributed by atoms with Crippen molar-refractivity contribution in [2.24, 2.45) is 0 Å². The Hall–Kier alpha value is -0.620. The molecular weight excluding hydrogens is 206 g/mol. The Kier molecular flexibility index (Phi) is 5.71. The van der Waals surface area contributed by atoms with Gasteiger partial charge in [-0.3, -0.25) is 4.79 Å². The standard InChI is InChI=1S/C8H17NO4S/c1-3-4-5-6-14(12,13)9-7(2)8(10)11/h7,9H,3-6H2,1-2H3,(H,10,11)/t7-/m1/s1. The third-order valence-corrected chi connectivity index (χ3v) is 3.28. The largest absolute Gasteiger partial charge is 0.480 e. The summed E-state index contributed by atoms with van der Waals surface area (Å²) >= 11 is 0. The molecule has 1 atom stereocenters. The molecule has 0 aliphatic rings. The monoisotopic (exact) mass is 223 g/mol. The number of sulfonamides is 1. The third kappa shape index (κ3) is 5.93. The van der Waals surface area contributed by atoms with Crippen LogP contribution in [0.1, 0.15) is 33.1 Å². The lowest BCUT2D eigenvalue weighted by Crippen LogP contribution is -2.39. The van der Waals surface area contributed by atoms with E-state index >= 15 is 0 Å². The van der Waals surface area contributed by atoms with Crippen molar-refractivity contribution in [1.29, 1.82) is 0 Å². The number of carbonyl (C=O) groups is 1. The van der Waals surface area contributed by atoms with E-state index in [0.29, 0.717) is 6.42 Å². The van der Waals surface area contributed by atoms with Gasteiger partial charge in [-0.05, 0) is 13.3 Å².